The highest BCUT2D eigenvalue weighted by molar-refractivity contribution is 5.94. The van der Waals surface area contributed by atoms with Gasteiger partial charge in [0.2, 0.25) is 23.6 Å². The first kappa shape index (κ1) is 40.1. The Balaban J connectivity index is 1.75. The Morgan fingerprint density at radius 3 is 1.98 bits per heavy atom. The predicted molar refractivity (Wildman–Crippen MR) is 191 cm³/mol. The number of benzene rings is 2. The first-order valence-corrected chi connectivity index (χ1v) is 17.6. The smallest absolute Gasteiger partial charge is 0.323 e. The number of nitrogens with one attached hydrogen (secondary N) is 3. The van der Waals surface area contributed by atoms with Gasteiger partial charge in [-0.15, -0.1) is 0 Å². The van der Waals surface area contributed by atoms with Crippen molar-refractivity contribution in [1.29, 1.82) is 0 Å². The Bertz CT molecular complexity index is 1400. The molecule has 0 radical (unpaired) electrons. The third kappa shape index (κ3) is 12.5. The first-order chi connectivity index (χ1) is 23.8. The van der Waals surface area contributed by atoms with E-state index in [0.29, 0.717) is 32.2 Å². The summed E-state index contributed by atoms with van der Waals surface area (Å²) in [5.74, 6) is -2.86. The molecule has 1 aliphatic heterocycles. The summed E-state index contributed by atoms with van der Waals surface area (Å²) in [5, 5.41) is 18.1. The number of rotatable bonds is 19. The van der Waals surface area contributed by atoms with Crippen LogP contribution < -0.4 is 33.2 Å². The summed E-state index contributed by atoms with van der Waals surface area (Å²) in [5.41, 5.74) is 18.4. The molecule has 1 saturated heterocycles. The Morgan fingerprint density at radius 2 is 1.40 bits per heavy atom. The van der Waals surface area contributed by atoms with E-state index in [1.165, 1.54) is 4.90 Å². The van der Waals surface area contributed by atoms with E-state index in [1.807, 2.05) is 74.5 Å². The number of hydrogen-bond acceptors (Lipinski definition) is 8. The molecule has 2 aromatic rings. The largest absolute Gasteiger partial charge is 0.480 e. The number of aliphatic carboxylic acids is 1. The van der Waals surface area contributed by atoms with Crippen LogP contribution in [0.3, 0.4) is 0 Å². The first-order valence-electron chi connectivity index (χ1n) is 17.6. The minimum absolute atomic E-state index is 0.00876. The molecule has 4 unspecified atom stereocenters. The number of carboxylic acid groups (broad SMARTS) is 1. The lowest BCUT2D eigenvalue weighted by Crippen LogP contribution is -2.60. The molecule has 1 fully saturated rings. The Hall–Kier alpha value is -4.33. The van der Waals surface area contributed by atoms with Crippen LogP contribution in [0.15, 0.2) is 60.7 Å². The number of likely N-dealkylation sites (tertiary alicyclic amines) is 1. The number of amides is 4. The fraction of sp³-hybridized carbons (Fsp3) is 0.541. The zero-order chi connectivity index (χ0) is 36.7. The maximum Gasteiger partial charge on any atom is 0.323 e. The molecule has 13 heteroatoms. The number of nitrogens with two attached hydrogens (primary N) is 3. The summed E-state index contributed by atoms with van der Waals surface area (Å²) in [6.07, 6.45) is 2.78. The van der Waals surface area contributed by atoms with Gasteiger partial charge in [0.1, 0.15) is 23.7 Å². The molecular formula is C37H55N7O6. The summed E-state index contributed by atoms with van der Waals surface area (Å²) in [4.78, 5) is 67.7. The van der Waals surface area contributed by atoms with Crippen molar-refractivity contribution < 1.29 is 29.1 Å². The number of piperidine rings is 1. The molecule has 0 aromatic heterocycles. The molecule has 274 valence electrons. The molecule has 4 amide bonds. The summed E-state index contributed by atoms with van der Waals surface area (Å²) >= 11 is 0. The molecule has 0 bridgehead atoms. The Morgan fingerprint density at radius 1 is 0.820 bits per heavy atom. The number of unbranched alkanes of at least 4 members (excludes halogenated alkanes) is 1. The summed E-state index contributed by atoms with van der Waals surface area (Å²) in [6, 6.07) is 15.4. The van der Waals surface area contributed by atoms with Gasteiger partial charge < -0.3 is 43.2 Å². The third-order valence-corrected chi connectivity index (χ3v) is 9.14. The van der Waals surface area contributed by atoms with Crippen molar-refractivity contribution in [2.75, 3.05) is 19.6 Å². The van der Waals surface area contributed by atoms with E-state index in [-0.39, 0.29) is 57.0 Å². The standard InChI is InChI=1S/C37H55N7O6/c1-25(2)23-31(34(47)42-30(15-9-10-20-38)35(48)44-21-18-37(40,19-22-44)36(49)50)43-33(46)29(17-16-26-11-5-3-6-12-26)41-32(45)24-28(39)27-13-7-4-8-14-27/h3-8,11-14,25,28-31H,9-10,15-24,38-40H2,1-2H3,(H,41,45)(H,42,47)(H,43,46)(H,49,50). The van der Waals surface area contributed by atoms with Crippen molar-refractivity contribution in [3.63, 3.8) is 0 Å². The predicted octanol–water partition coefficient (Wildman–Crippen LogP) is 1.74. The van der Waals surface area contributed by atoms with Crippen LogP contribution in [-0.2, 0) is 30.4 Å². The molecule has 50 heavy (non-hydrogen) atoms. The van der Waals surface area contributed by atoms with Gasteiger partial charge >= 0.3 is 5.97 Å². The van der Waals surface area contributed by atoms with Crippen LogP contribution in [0.1, 0.15) is 82.4 Å². The molecule has 10 N–H and O–H groups in total. The van der Waals surface area contributed by atoms with Gasteiger partial charge in [-0.25, -0.2) is 0 Å². The molecule has 13 nitrogen and oxygen atoms in total. The topological polar surface area (TPSA) is 223 Å². The maximum absolute atomic E-state index is 13.9. The lowest BCUT2D eigenvalue weighted by Gasteiger charge is -2.38. The van der Waals surface area contributed by atoms with Crippen LogP contribution in [0.5, 0.6) is 0 Å². The minimum atomic E-state index is -1.40. The summed E-state index contributed by atoms with van der Waals surface area (Å²) < 4.78 is 0. The van der Waals surface area contributed by atoms with E-state index >= 15 is 0 Å². The van der Waals surface area contributed by atoms with Gasteiger partial charge in [-0.3, -0.25) is 24.0 Å². The fourth-order valence-corrected chi connectivity index (χ4v) is 6.05. The number of carbonyl (C=O) groups is 5. The number of carbonyl (C=O) groups excluding carboxylic acids is 4. The van der Waals surface area contributed by atoms with Crippen LogP contribution >= 0.6 is 0 Å². The van der Waals surface area contributed by atoms with Gasteiger partial charge in [0.25, 0.3) is 0 Å². The second kappa shape index (κ2) is 19.8. The van der Waals surface area contributed by atoms with E-state index in [1.54, 1.807) is 0 Å². The second-order valence-corrected chi connectivity index (χ2v) is 13.7. The van der Waals surface area contributed by atoms with Gasteiger partial charge in [0.05, 0.1) is 0 Å². The average Bonchev–Trinajstić information content (AvgIpc) is 3.09. The van der Waals surface area contributed by atoms with Crippen molar-refractivity contribution in [2.45, 2.75) is 101 Å². The molecule has 0 spiro atoms. The van der Waals surface area contributed by atoms with E-state index in [0.717, 1.165) is 11.1 Å². The van der Waals surface area contributed by atoms with Gasteiger partial charge in [0, 0.05) is 25.6 Å². The normalized spacial score (nSPS) is 16.5. The van der Waals surface area contributed by atoms with Crippen molar-refractivity contribution >= 4 is 29.6 Å². The molecule has 2 aromatic carbocycles. The van der Waals surface area contributed by atoms with Gasteiger partial charge in [0.15, 0.2) is 0 Å². The van der Waals surface area contributed by atoms with E-state index in [4.69, 9.17) is 17.2 Å². The van der Waals surface area contributed by atoms with Crippen molar-refractivity contribution in [1.82, 2.24) is 20.9 Å². The minimum Gasteiger partial charge on any atom is -0.480 e. The molecule has 1 aliphatic rings. The monoisotopic (exact) mass is 693 g/mol. The lowest BCUT2D eigenvalue weighted by molar-refractivity contribution is -0.148. The van der Waals surface area contributed by atoms with Gasteiger partial charge in [-0.2, -0.15) is 0 Å². The summed E-state index contributed by atoms with van der Waals surface area (Å²) in [6.45, 7) is 4.56. The van der Waals surface area contributed by atoms with Crippen LogP contribution in [0.4, 0.5) is 0 Å². The van der Waals surface area contributed by atoms with Gasteiger partial charge in [-0.1, -0.05) is 74.5 Å². The SMILES string of the molecule is CC(C)CC(NC(=O)C(CCc1ccccc1)NC(=O)CC(N)c1ccccc1)C(=O)NC(CCCCN)C(=O)N1CCC(N)(C(=O)O)CC1. The van der Waals surface area contributed by atoms with Gasteiger partial charge in [-0.05, 0) is 75.0 Å². The maximum atomic E-state index is 13.9. The number of hydrogen-bond donors (Lipinski definition) is 7. The van der Waals surface area contributed by atoms with Crippen LogP contribution in [-0.4, -0.2) is 82.9 Å². The molecular weight excluding hydrogens is 638 g/mol. The fourth-order valence-electron chi connectivity index (χ4n) is 6.05. The number of aryl methyl sites for hydroxylation is 1. The third-order valence-electron chi connectivity index (χ3n) is 9.14. The van der Waals surface area contributed by atoms with Crippen LogP contribution in [0.25, 0.3) is 0 Å². The number of carboxylic acids is 1. The zero-order valence-corrected chi connectivity index (χ0v) is 29.3. The molecule has 0 aliphatic carbocycles. The van der Waals surface area contributed by atoms with Crippen LogP contribution in [0, 0.1) is 5.92 Å². The highest BCUT2D eigenvalue weighted by Gasteiger charge is 2.40. The van der Waals surface area contributed by atoms with Crippen LogP contribution in [0.2, 0.25) is 0 Å². The van der Waals surface area contributed by atoms with E-state index in [9.17, 15) is 29.1 Å². The molecule has 3 rings (SSSR count). The van der Waals surface area contributed by atoms with Crippen molar-refractivity contribution in [3.8, 4) is 0 Å². The Kier molecular flexibility index (Phi) is 15.8. The molecule has 1 heterocycles. The highest BCUT2D eigenvalue weighted by atomic mass is 16.4. The zero-order valence-electron chi connectivity index (χ0n) is 29.3. The highest BCUT2D eigenvalue weighted by Crippen LogP contribution is 2.22. The Labute approximate surface area is 295 Å². The quantitative estimate of drug-likeness (QED) is 0.106. The number of nitrogens with zero attached hydrogens (tertiary/aromatic N) is 1. The van der Waals surface area contributed by atoms with E-state index < -0.39 is 53.4 Å². The summed E-state index contributed by atoms with van der Waals surface area (Å²) in [7, 11) is 0. The van der Waals surface area contributed by atoms with Crippen molar-refractivity contribution in [2.24, 2.45) is 23.1 Å². The van der Waals surface area contributed by atoms with Crippen molar-refractivity contribution in [3.05, 3.63) is 71.8 Å². The average molecular weight is 694 g/mol. The molecule has 0 saturated carbocycles. The second-order valence-electron chi connectivity index (χ2n) is 13.7. The molecule has 4 atom stereocenters. The van der Waals surface area contributed by atoms with E-state index in [2.05, 4.69) is 16.0 Å². The lowest BCUT2D eigenvalue weighted by atomic mass is 9.88.